The fourth-order valence-corrected chi connectivity index (χ4v) is 10.1. The zero-order chi connectivity index (χ0) is 23.3. The summed E-state index contributed by atoms with van der Waals surface area (Å²) in [4.78, 5) is 0. The molecule has 0 unspecified atom stereocenters. The molecule has 0 aromatic rings. The Balaban J connectivity index is 1.50. The molecular weight excluding hydrogens is 424 g/mol. The fourth-order valence-electron chi connectivity index (χ4n) is 9.78. The van der Waals surface area contributed by atoms with Crippen molar-refractivity contribution in [1.82, 2.24) is 0 Å². The fraction of sp³-hybridized carbons (Fsp3) is 1.00. The molecule has 6 heteroatoms. The van der Waals surface area contributed by atoms with Crippen LogP contribution in [0.4, 0.5) is 0 Å². The Morgan fingerprint density at radius 1 is 1.00 bits per heavy atom. The van der Waals surface area contributed by atoms with Gasteiger partial charge in [-0.25, -0.2) is 4.18 Å². The Bertz CT molecular complexity index is 768. The van der Waals surface area contributed by atoms with Gasteiger partial charge in [-0.3, -0.25) is 4.55 Å². The van der Waals surface area contributed by atoms with Gasteiger partial charge in [0.25, 0.3) is 0 Å². The molecule has 4 aliphatic carbocycles. The first kappa shape index (κ1) is 24.9. The molecule has 0 saturated heterocycles. The van der Waals surface area contributed by atoms with Crippen molar-refractivity contribution in [3.05, 3.63) is 0 Å². The number of aliphatic hydroxyl groups excluding tert-OH is 1. The van der Waals surface area contributed by atoms with Crippen molar-refractivity contribution in [1.29, 1.82) is 0 Å². The summed E-state index contributed by atoms with van der Waals surface area (Å²) in [5.74, 6) is 3.97. The van der Waals surface area contributed by atoms with Crippen LogP contribution >= 0.6 is 0 Å². The second-order valence-corrected chi connectivity index (χ2v) is 13.4. The minimum absolute atomic E-state index is 0.0529. The predicted molar refractivity (Wildman–Crippen MR) is 126 cm³/mol. The normalized spacial score (nSPS) is 47.4. The first-order valence-corrected chi connectivity index (χ1v) is 14.7. The summed E-state index contributed by atoms with van der Waals surface area (Å²) in [5.41, 5.74) is 0.669. The van der Waals surface area contributed by atoms with E-state index in [0.29, 0.717) is 53.3 Å². The molecule has 32 heavy (non-hydrogen) atoms. The van der Waals surface area contributed by atoms with E-state index in [-0.39, 0.29) is 18.1 Å². The van der Waals surface area contributed by atoms with E-state index in [4.69, 9.17) is 4.55 Å². The largest absolute Gasteiger partial charge is 0.397 e. The Morgan fingerprint density at radius 3 is 2.41 bits per heavy atom. The molecule has 4 rings (SSSR count). The zero-order valence-corrected chi connectivity index (χ0v) is 21.4. The molecule has 0 amide bonds. The van der Waals surface area contributed by atoms with E-state index in [2.05, 4.69) is 31.9 Å². The van der Waals surface area contributed by atoms with Crippen LogP contribution in [-0.2, 0) is 14.6 Å². The standard InChI is InChI=1S/C26H46O5S/c1-5-18-20-10-6-7-14-25(20,3)22-13-15-26(4)19(11-12-21(26)23(22)24(18)27)17(2)9-8-16-31-32(28,29)30/h17-24,27H,5-16H2,1-4H3,(H,28,29,30)/t17-,18-,19-,20+,21+,22+,23+,24-,25+,26-/m1/s1. The van der Waals surface area contributed by atoms with Gasteiger partial charge in [0.05, 0.1) is 12.7 Å². The van der Waals surface area contributed by atoms with Crippen LogP contribution in [0, 0.1) is 52.3 Å². The van der Waals surface area contributed by atoms with Gasteiger partial charge in [0.2, 0.25) is 0 Å². The number of fused-ring (bicyclic) bond motifs is 5. The average molecular weight is 471 g/mol. The molecule has 2 N–H and O–H groups in total. The Kier molecular flexibility index (Phi) is 7.11. The Morgan fingerprint density at radius 2 is 1.72 bits per heavy atom. The van der Waals surface area contributed by atoms with Gasteiger partial charge < -0.3 is 5.11 Å². The van der Waals surface area contributed by atoms with Crippen molar-refractivity contribution in [2.75, 3.05) is 6.61 Å². The molecule has 0 bridgehead atoms. The quantitative estimate of drug-likeness (QED) is 0.359. The monoisotopic (exact) mass is 470 g/mol. The highest BCUT2D eigenvalue weighted by Crippen LogP contribution is 2.69. The molecule has 5 nitrogen and oxygen atoms in total. The second kappa shape index (κ2) is 9.13. The second-order valence-electron chi connectivity index (χ2n) is 12.3. The summed E-state index contributed by atoms with van der Waals surface area (Å²) in [6.07, 6.45) is 12.8. The van der Waals surface area contributed by atoms with E-state index < -0.39 is 10.4 Å². The zero-order valence-electron chi connectivity index (χ0n) is 20.6. The van der Waals surface area contributed by atoms with Gasteiger partial charge in [0.1, 0.15) is 0 Å². The topological polar surface area (TPSA) is 83.8 Å². The Hall–Kier alpha value is -0.170. The molecule has 4 aliphatic rings. The minimum Gasteiger partial charge on any atom is -0.393 e. The van der Waals surface area contributed by atoms with Crippen LogP contribution in [0.25, 0.3) is 0 Å². The summed E-state index contributed by atoms with van der Waals surface area (Å²) in [5, 5.41) is 11.8. The van der Waals surface area contributed by atoms with Crippen LogP contribution in [0.15, 0.2) is 0 Å². The Labute approximate surface area is 196 Å². The molecule has 0 aliphatic heterocycles. The molecule has 4 fully saturated rings. The molecule has 0 spiro atoms. The van der Waals surface area contributed by atoms with Gasteiger partial charge in [-0.15, -0.1) is 0 Å². The first-order chi connectivity index (χ1) is 15.0. The van der Waals surface area contributed by atoms with Crippen LogP contribution in [0.2, 0.25) is 0 Å². The van der Waals surface area contributed by atoms with E-state index in [1.807, 2.05) is 0 Å². The molecule has 186 valence electrons. The third-order valence-electron chi connectivity index (χ3n) is 11.1. The van der Waals surface area contributed by atoms with Crippen LogP contribution in [0.1, 0.15) is 98.3 Å². The number of hydrogen-bond donors (Lipinski definition) is 2. The number of rotatable bonds is 7. The van der Waals surface area contributed by atoms with E-state index in [1.165, 1.54) is 51.4 Å². The molecule has 0 radical (unpaired) electrons. The van der Waals surface area contributed by atoms with Crippen molar-refractivity contribution >= 4 is 10.4 Å². The molecular formula is C26H46O5S. The van der Waals surface area contributed by atoms with E-state index in [9.17, 15) is 13.5 Å². The van der Waals surface area contributed by atoms with Crippen molar-refractivity contribution in [2.45, 2.75) is 104 Å². The third-order valence-corrected chi connectivity index (χ3v) is 11.6. The van der Waals surface area contributed by atoms with Crippen molar-refractivity contribution in [3.63, 3.8) is 0 Å². The van der Waals surface area contributed by atoms with Gasteiger partial charge in [0, 0.05) is 0 Å². The van der Waals surface area contributed by atoms with E-state index >= 15 is 0 Å². The average Bonchev–Trinajstić information content (AvgIpc) is 3.08. The van der Waals surface area contributed by atoms with Crippen LogP contribution in [0.3, 0.4) is 0 Å². The maximum atomic E-state index is 11.8. The van der Waals surface area contributed by atoms with Crippen LogP contribution in [-0.4, -0.2) is 30.8 Å². The summed E-state index contributed by atoms with van der Waals surface area (Å²) >= 11 is 0. The maximum absolute atomic E-state index is 11.8. The van der Waals surface area contributed by atoms with Crippen LogP contribution < -0.4 is 0 Å². The highest BCUT2D eigenvalue weighted by molar-refractivity contribution is 7.80. The van der Waals surface area contributed by atoms with E-state index in [0.717, 1.165) is 12.8 Å². The lowest BCUT2D eigenvalue weighted by molar-refractivity contribution is -0.194. The predicted octanol–water partition coefficient (Wildman–Crippen LogP) is 5.88. The van der Waals surface area contributed by atoms with Gasteiger partial charge in [-0.1, -0.05) is 47.0 Å². The lowest BCUT2D eigenvalue weighted by atomic mass is 9.41. The number of hydrogen-bond acceptors (Lipinski definition) is 4. The SMILES string of the molecule is CC[C@H]1[C@@H](O)[C@@H]2[C@H](CC[C@]3(C)[C@@H]([C@H](C)CCCOS(=O)(=O)O)CC[C@@H]23)[C@@]2(C)CCCC[C@@H]12. The van der Waals surface area contributed by atoms with Crippen molar-refractivity contribution in [3.8, 4) is 0 Å². The van der Waals surface area contributed by atoms with Gasteiger partial charge in [0.15, 0.2) is 0 Å². The first-order valence-electron chi connectivity index (χ1n) is 13.3. The van der Waals surface area contributed by atoms with Crippen molar-refractivity contribution < 1.29 is 22.3 Å². The molecule has 0 aromatic carbocycles. The summed E-state index contributed by atoms with van der Waals surface area (Å²) < 4.78 is 35.0. The lowest BCUT2D eigenvalue weighted by Gasteiger charge is -2.64. The number of aliphatic hydroxyl groups is 1. The van der Waals surface area contributed by atoms with Gasteiger partial charge in [-0.05, 0) is 104 Å². The van der Waals surface area contributed by atoms with Gasteiger partial charge >= 0.3 is 10.4 Å². The summed E-state index contributed by atoms with van der Waals surface area (Å²) in [6, 6.07) is 0. The van der Waals surface area contributed by atoms with Gasteiger partial charge in [-0.2, -0.15) is 8.42 Å². The summed E-state index contributed by atoms with van der Waals surface area (Å²) in [7, 11) is -4.34. The molecule has 10 atom stereocenters. The maximum Gasteiger partial charge on any atom is 0.397 e. The smallest absolute Gasteiger partial charge is 0.393 e. The molecule has 0 heterocycles. The molecule has 4 saturated carbocycles. The van der Waals surface area contributed by atoms with E-state index in [1.54, 1.807) is 0 Å². The highest BCUT2D eigenvalue weighted by atomic mass is 32.3. The third kappa shape index (κ3) is 4.20. The molecule has 0 aromatic heterocycles. The summed E-state index contributed by atoms with van der Waals surface area (Å²) in [6.45, 7) is 9.73. The van der Waals surface area contributed by atoms with Crippen molar-refractivity contribution in [2.24, 2.45) is 52.3 Å². The van der Waals surface area contributed by atoms with Crippen LogP contribution in [0.5, 0.6) is 0 Å². The minimum atomic E-state index is -4.34. The highest BCUT2D eigenvalue weighted by Gasteiger charge is 2.64. The lowest BCUT2D eigenvalue weighted by Crippen LogP contribution is -2.61.